The highest BCUT2D eigenvalue weighted by atomic mass is 19.1. The fourth-order valence-electron chi connectivity index (χ4n) is 1.99. The quantitative estimate of drug-likeness (QED) is 0.829. The van der Waals surface area contributed by atoms with E-state index in [2.05, 4.69) is 5.32 Å². The van der Waals surface area contributed by atoms with Crippen LogP contribution in [-0.4, -0.2) is 19.8 Å². The first-order chi connectivity index (χ1) is 8.12. The molecule has 0 radical (unpaired) electrons. The Morgan fingerprint density at radius 2 is 1.76 bits per heavy atom. The third-order valence-electron chi connectivity index (χ3n) is 2.71. The minimum atomic E-state index is -0.563. The molecule has 17 heavy (non-hydrogen) atoms. The molecule has 0 bridgehead atoms. The van der Waals surface area contributed by atoms with E-state index in [0.717, 1.165) is 12.5 Å². The molecule has 2 unspecified atom stereocenters. The normalized spacial score (nSPS) is 14.6. The Bertz CT molecular complexity index is 337. The van der Waals surface area contributed by atoms with E-state index in [4.69, 9.17) is 4.74 Å². The molecule has 4 heteroatoms. The van der Waals surface area contributed by atoms with Gasteiger partial charge in [-0.3, -0.25) is 0 Å². The molecule has 2 atom stereocenters. The van der Waals surface area contributed by atoms with E-state index in [-0.39, 0.29) is 12.1 Å². The van der Waals surface area contributed by atoms with Crippen LogP contribution in [0.1, 0.15) is 31.9 Å². The van der Waals surface area contributed by atoms with Crippen LogP contribution in [0, 0.1) is 11.6 Å². The second-order valence-corrected chi connectivity index (χ2v) is 3.87. The summed E-state index contributed by atoms with van der Waals surface area (Å²) in [5.41, 5.74) is 0.574. The summed E-state index contributed by atoms with van der Waals surface area (Å²) in [6.45, 7) is 4.47. The van der Waals surface area contributed by atoms with Crippen molar-refractivity contribution in [1.82, 2.24) is 5.32 Å². The van der Waals surface area contributed by atoms with E-state index in [1.165, 1.54) is 12.1 Å². The Labute approximate surface area is 101 Å². The van der Waals surface area contributed by atoms with E-state index in [9.17, 15) is 8.78 Å². The molecule has 0 aliphatic heterocycles. The van der Waals surface area contributed by atoms with Gasteiger partial charge in [0.05, 0.1) is 12.1 Å². The molecule has 96 valence electrons. The van der Waals surface area contributed by atoms with E-state index < -0.39 is 11.6 Å². The summed E-state index contributed by atoms with van der Waals surface area (Å²) in [7, 11) is 1.76. The Morgan fingerprint density at radius 1 is 1.18 bits per heavy atom. The highest BCUT2D eigenvalue weighted by Gasteiger charge is 2.21. The van der Waals surface area contributed by atoms with Crippen molar-refractivity contribution in [2.45, 2.75) is 32.4 Å². The average Bonchev–Trinajstić information content (AvgIpc) is 2.27. The van der Waals surface area contributed by atoms with Gasteiger partial charge < -0.3 is 10.1 Å². The van der Waals surface area contributed by atoms with Crippen LogP contribution in [0.2, 0.25) is 0 Å². The van der Waals surface area contributed by atoms with Gasteiger partial charge in [-0.15, -0.1) is 0 Å². The van der Waals surface area contributed by atoms with Crippen LogP contribution in [0.4, 0.5) is 8.78 Å². The Kier molecular flexibility index (Phi) is 5.51. The standard InChI is InChI=1S/C13H19F2NO/c1-4-12(17-5-2)13(16-3)9-6-10(14)8-11(15)7-9/h6-8,12-13,16H,4-5H2,1-3H3. The van der Waals surface area contributed by atoms with Crippen LogP contribution < -0.4 is 5.32 Å². The van der Waals surface area contributed by atoms with E-state index in [1.54, 1.807) is 7.05 Å². The molecule has 1 aromatic rings. The van der Waals surface area contributed by atoms with Gasteiger partial charge in [0.2, 0.25) is 0 Å². The molecule has 0 aliphatic rings. The van der Waals surface area contributed by atoms with Crippen LogP contribution in [0.3, 0.4) is 0 Å². The third-order valence-corrected chi connectivity index (χ3v) is 2.71. The minimum absolute atomic E-state index is 0.0915. The molecule has 0 fully saturated rings. The van der Waals surface area contributed by atoms with E-state index >= 15 is 0 Å². The second kappa shape index (κ2) is 6.67. The lowest BCUT2D eigenvalue weighted by atomic mass is 9.99. The lowest BCUT2D eigenvalue weighted by Crippen LogP contribution is -2.31. The Balaban J connectivity index is 2.98. The zero-order valence-corrected chi connectivity index (χ0v) is 10.5. The van der Waals surface area contributed by atoms with Crippen LogP contribution >= 0.6 is 0 Å². The second-order valence-electron chi connectivity index (χ2n) is 3.87. The van der Waals surface area contributed by atoms with Gasteiger partial charge in [-0.2, -0.15) is 0 Å². The fraction of sp³-hybridized carbons (Fsp3) is 0.538. The number of halogens is 2. The molecule has 0 amide bonds. The van der Waals surface area contributed by atoms with Crippen LogP contribution in [0.5, 0.6) is 0 Å². The average molecular weight is 243 g/mol. The van der Waals surface area contributed by atoms with Gasteiger partial charge in [0.15, 0.2) is 0 Å². The number of nitrogens with one attached hydrogen (secondary N) is 1. The predicted molar refractivity (Wildman–Crippen MR) is 63.9 cm³/mol. The third kappa shape index (κ3) is 3.75. The largest absolute Gasteiger partial charge is 0.377 e. The molecule has 1 aromatic carbocycles. The fourth-order valence-corrected chi connectivity index (χ4v) is 1.99. The summed E-state index contributed by atoms with van der Waals surface area (Å²) in [6.07, 6.45) is 0.684. The summed E-state index contributed by atoms with van der Waals surface area (Å²) in [5.74, 6) is -1.13. The first-order valence-electron chi connectivity index (χ1n) is 5.87. The predicted octanol–water partition coefficient (Wildman–Crippen LogP) is 3.04. The molecule has 0 aliphatic carbocycles. The summed E-state index contributed by atoms with van der Waals surface area (Å²) in [5, 5.41) is 3.05. The number of hydrogen-bond acceptors (Lipinski definition) is 2. The van der Waals surface area contributed by atoms with Crippen molar-refractivity contribution in [1.29, 1.82) is 0 Å². The molecular weight excluding hydrogens is 224 g/mol. The van der Waals surface area contributed by atoms with Crippen LogP contribution in [0.25, 0.3) is 0 Å². The Hall–Kier alpha value is -1.00. The maximum Gasteiger partial charge on any atom is 0.126 e. The molecule has 0 aromatic heterocycles. The number of rotatable bonds is 6. The van der Waals surface area contributed by atoms with Gasteiger partial charge in [0, 0.05) is 12.7 Å². The Morgan fingerprint density at radius 3 is 2.18 bits per heavy atom. The zero-order chi connectivity index (χ0) is 12.8. The molecular formula is C13H19F2NO. The van der Waals surface area contributed by atoms with Crippen molar-refractivity contribution in [3.63, 3.8) is 0 Å². The molecule has 0 saturated heterocycles. The van der Waals surface area contributed by atoms with Crippen molar-refractivity contribution in [3.8, 4) is 0 Å². The number of likely N-dealkylation sites (N-methyl/N-ethyl adjacent to an activating group) is 1. The molecule has 1 rings (SSSR count). The van der Waals surface area contributed by atoms with Gasteiger partial charge in [-0.25, -0.2) is 8.78 Å². The highest BCUT2D eigenvalue weighted by molar-refractivity contribution is 5.22. The SMILES string of the molecule is CCOC(CC)C(NC)c1cc(F)cc(F)c1. The smallest absolute Gasteiger partial charge is 0.126 e. The van der Waals surface area contributed by atoms with Crippen LogP contribution in [-0.2, 0) is 4.74 Å². The van der Waals surface area contributed by atoms with Gasteiger partial charge in [-0.05, 0) is 38.1 Å². The van der Waals surface area contributed by atoms with Gasteiger partial charge in [-0.1, -0.05) is 6.92 Å². The lowest BCUT2D eigenvalue weighted by Gasteiger charge is -2.26. The topological polar surface area (TPSA) is 21.3 Å². The summed E-state index contributed by atoms with van der Waals surface area (Å²) >= 11 is 0. The lowest BCUT2D eigenvalue weighted by molar-refractivity contribution is 0.0332. The monoisotopic (exact) mass is 243 g/mol. The molecule has 2 nitrogen and oxygen atoms in total. The maximum atomic E-state index is 13.2. The van der Waals surface area contributed by atoms with Crippen molar-refractivity contribution in [3.05, 3.63) is 35.4 Å². The molecule has 1 N–H and O–H groups in total. The van der Waals surface area contributed by atoms with E-state index in [0.29, 0.717) is 12.2 Å². The first kappa shape index (κ1) is 14.1. The van der Waals surface area contributed by atoms with Gasteiger partial charge in [0.1, 0.15) is 11.6 Å². The van der Waals surface area contributed by atoms with Crippen molar-refractivity contribution in [2.24, 2.45) is 0 Å². The molecule has 0 saturated carbocycles. The van der Waals surface area contributed by atoms with E-state index in [1.807, 2.05) is 13.8 Å². The zero-order valence-electron chi connectivity index (χ0n) is 10.5. The number of benzene rings is 1. The van der Waals surface area contributed by atoms with Crippen LogP contribution in [0.15, 0.2) is 18.2 Å². The number of hydrogen-bond donors (Lipinski definition) is 1. The highest BCUT2D eigenvalue weighted by Crippen LogP contribution is 2.23. The summed E-state index contributed by atoms with van der Waals surface area (Å²) < 4.78 is 31.9. The molecule has 0 spiro atoms. The minimum Gasteiger partial charge on any atom is -0.377 e. The number of ether oxygens (including phenoxy) is 1. The van der Waals surface area contributed by atoms with Crippen molar-refractivity contribution in [2.75, 3.05) is 13.7 Å². The van der Waals surface area contributed by atoms with Crippen molar-refractivity contribution >= 4 is 0 Å². The first-order valence-corrected chi connectivity index (χ1v) is 5.87. The van der Waals surface area contributed by atoms with Gasteiger partial charge in [0.25, 0.3) is 0 Å². The molecule has 0 heterocycles. The maximum absolute atomic E-state index is 13.2. The summed E-state index contributed by atoms with van der Waals surface area (Å²) in [4.78, 5) is 0. The van der Waals surface area contributed by atoms with Gasteiger partial charge >= 0.3 is 0 Å². The summed E-state index contributed by atoms with van der Waals surface area (Å²) in [6, 6.07) is 3.35. The van der Waals surface area contributed by atoms with Crippen molar-refractivity contribution < 1.29 is 13.5 Å².